The molecule has 1 aromatic heterocycles. The number of amides is 2. The lowest BCUT2D eigenvalue weighted by atomic mass is 10.1. The number of pyridine rings is 1. The summed E-state index contributed by atoms with van der Waals surface area (Å²) in [5, 5.41) is 0. The van der Waals surface area contributed by atoms with Gasteiger partial charge in [-0.25, -0.2) is 9.37 Å². The first-order valence-electron chi connectivity index (χ1n) is 6.43. The summed E-state index contributed by atoms with van der Waals surface area (Å²) in [6, 6.07) is 8.64. The molecule has 2 rings (SSSR count). The molecular weight excluding hydrogens is 289 g/mol. The molecule has 2 aromatic rings. The number of ether oxygens (including phenoxy) is 1. The van der Waals surface area contributed by atoms with E-state index in [2.05, 4.69) is 15.8 Å². The SMILES string of the molecule is COc1ncccc1C(=O)NNC(=O)Cc1ccc(F)cc1. The fourth-order valence-electron chi connectivity index (χ4n) is 1.75. The predicted molar refractivity (Wildman–Crippen MR) is 76.5 cm³/mol. The molecule has 0 bridgehead atoms. The predicted octanol–water partition coefficient (Wildman–Crippen LogP) is 1.23. The van der Waals surface area contributed by atoms with Crippen LogP contribution in [0.4, 0.5) is 4.39 Å². The van der Waals surface area contributed by atoms with Crippen molar-refractivity contribution in [1.82, 2.24) is 15.8 Å². The molecule has 0 aliphatic carbocycles. The van der Waals surface area contributed by atoms with Gasteiger partial charge in [0.15, 0.2) is 0 Å². The molecule has 2 amide bonds. The van der Waals surface area contributed by atoms with E-state index in [1.54, 1.807) is 6.07 Å². The molecule has 0 saturated carbocycles. The van der Waals surface area contributed by atoms with Gasteiger partial charge in [-0.1, -0.05) is 12.1 Å². The van der Waals surface area contributed by atoms with Crippen LogP contribution in [0.15, 0.2) is 42.6 Å². The van der Waals surface area contributed by atoms with Crippen molar-refractivity contribution in [2.75, 3.05) is 7.11 Å². The fraction of sp³-hybridized carbons (Fsp3) is 0.133. The standard InChI is InChI=1S/C15H14FN3O3/c1-22-15-12(3-2-8-17-15)14(21)19-18-13(20)9-10-4-6-11(16)7-5-10/h2-8H,9H2,1H3,(H,18,20)(H,19,21). The Morgan fingerprint density at radius 3 is 2.59 bits per heavy atom. The largest absolute Gasteiger partial charge is 0.480 e. The summed E-state index contributed by atoms with van der Waals surface area (Å²) in [4.78, 5) is 27.5. The summed E-state index contributed by atoms with van der Waals surface area (Å²) in [6.07, 6.45) is 1.51. The molecule has 0 unspecified atom stereocenters. The molecule has 0 fully saturated rings. The number of carbonyl (C=O) groups is 2. The molecule has 2 N–H and O–H groups in total. The molecule has 22 heavy (non-hydrogen) atoms. The number of nitrogens with zero attached hydrogens (tertiary/aromatic N) is 1. The molecule has 0 radical (unpaired) electrons. The molecule has 0 aliphatic rings. The highest BCUT2D eigenvalue weighted by atomic mass is 19.1. The summed E-state index contributed by atoms with van der Waals surface area (Å²) in [6.45, 7) is 0. The van der Waals surface area contributed by atoms with Crippen molar-refractivity contribution < 1.29 is 18.7 Å². The van der Waals surface area contributed by atoms with Crippen LogP contribution in [0.5, 0.6) is 5.88 Å². The Labute approximate surface area is 126 Å². The van der Waals surface area contributed by atoms with E-state index in [0.717, 1.165) is 0 Å². The Balaban J connectivity index is 1.90. The molecule has 1 aromatic carbocycles. The fourth-order valence-corrected chi connectivity index (χ4v) is 1.75. The van der Waals surface area contributed by atoms with E-state index in [0.29, 0.717) is 5.56 Å². The third kappa shape index (κ3) is 4.02. The molecule has 6 nitrogen and oxygen atoms in total. The highest BCUT2D eigenvalue weighted by Gasteiger charge is 2.13. The zero-order valence-electron chi connectivity index (χ0n) is 11.8. The number of nitrogens with one attached hydrogen (secondary N) is 2. The van der Waals surface area contributed by atoms with Crippen LogP contribution in [0, 0.1) is 5.82 Å². The smallest absolute Gasteiger partial charge is 0.275 e. The maximum Gasteiger partial charge on any atom is 0.275 e. The first kappa shape index (κ1) is 15.4. The van der Waals surface area contributed by atoms with Gasteiger partial charge in [0.25, 0.3) is 5.91 Å². The van der Waals surface area contributed by atoms with E-state index in [-0.39, 0.29) is 23.7 Å². The Kier molecular flexibility index (Phi) is 5.02. The van der Waals surface area contributed by atoms with E-state index in [1.165, 1.54) is 43.6 Å². The van der Waals surface area contributed by atoms with Crippen molar-refractivity contribution in [3.05, 3.63) is 59.5 Å². The van der Waals surface area contributed by atoms with Gasteiger partial charge in [-0.15, -0.1) is 0 Å². The van der Waals surface area contributed by atoms with Crippen LogP contribution in [0.25, 0.3) is 0 Å². The van der Waals surface area contributed by atoms with Crippen molar-refractivity contribution in [2.45, 2.75) is 6.42 Å². The van der Waals surface area contributed by atoms with Crippen LogP contribution in [-0.2, 0) is 11.2 Å². The topological polar surface area (TPSA) is 80.3 Å². The quantitative estimate of drug-likeness (QED) is 0.833. The van der Waals surface area contributed by atoms with Crippen LogP contribution in [0.3, 0.4) is 0 Å². The molecule has 114 valence electrons. The lowest BCUT2D eigenvalue weighted by Crippen LogP contribution is -2.42. The molecule has 0 spiro atoms. The monoisotopic (exact) mass is 303 g/mol. The Hall–Kier alpha value is -2.96. The average molecular weight is 303 g/mol. The van der Waals surface area contributed by atoms with Crippen LogP contribution >= 0.6 is 0 Å². The lowest BCUT2D eigenvalue weighted by molar-refractivity contribution is -0.121. The van der Waals surface area contributed by atoms with Crippen molar-refractivity contribution in [3.8, 4) is 5.88 Å². The highest BCUT2D eigenvalue weighted by molar-refractivity contribution is 5.97. The van der Waals surface area contributed by atoms with Gasteiger partial charge in [0, 0.05) is 6.20 Å². The maximum absolute atomic E-state index is 12.8. The van der Waals surface area contributed by atoms with Crippen LogP contribution in [0.2, 0.25) is 0 Å². The van der Waals surface area contributed by atoms with Crippen molar-refractivity contribution in [3.63, 3.8) is 0 Å². The van der Waals surface area contributed by atoms with Crippen molar-refractivity contribution >= 4 is 11.8 Å². The van der Waals surface area contributed by atoms with E-state index in [4.69, 9.17) is 4.74 Å². The number of carbonyl (C=O) groups excluding carboxylic acids is 2. The van der Waals surface area contributed by atoms with Crippen LogP contribution in [0.1, 0.15) is 15.9 Å². The highest BCUT2D eigenvalue weighted by Crippen LogP contribution is 2.12. The second kappa shape index (κ2) is 7.16. The minimum Gasteiger partial charge on any atom is -0.480 e. The zero-order valence-corrected chi connectivity index (χ0v) is 11.8. The third-order valence-electron chi connectivity index (χ3n) is 2.80. The second-order valence-electron chi connectivity index (χ2n) is 4.37. The van der Waals surface area contributed by atoms with E-state index in [1.807, 2.05) is 0 Å². The molecule has 7 heteroatoms. The summed E-state index contributed by atoms with van der Waals surface area (Å²) >= 11 is 0. The molecular formula is C15H14FN3O3. The molecule has 0 aliphatic heterocycles. The van der Waals surface area contributed by atoms with Crippen molar-refractivity contribution in [2.24, 2.45) is 0 Å². The lowest BCUT2D eigenvalue weighted by Gasteiger charge is -2.09. The van der Waals surface area contributed by atoms with Gasteiger partial charge in [0.05, 0.1) is 13.5 Å². The first-order valence-corrected chi connectivity index (χ1v) is 6.43. The second-order valence-corrected chi connectivity index (χ2v) is 4.37. The Morgan fingerprint density at radius 1 is 1.18 bits per heavy atom. The summed E-state index contributed by atoms with van der Waals surface area (Å²) in [5.74, 6) is -1.19. The van der Waals surface area contributed by atoms with Crippen LogP contribution < -0.4 is 15.6 Å². The van der Waals surface area contributed by atoms with E-state index >= 15 is 0 Å². The van der Waals surface area contributed by atoms with Gasteiger partial charge in [-0.2, -0.15) is 0 Å². The number of methoxy groups -OCH3 is 1. The number of benzene rings is 1. The average Bonchev–Trinajstić information content (AvgIpc) is 2.54. The van der Waals surface area contributed by atoms with Gasteiger partial charge in [-0.3, -0.25) is 20.4 Å². The van der Waals surface area contributed by atoms with Crippen molar-refractivity contribution in [1.29, 1.82) is 0 Å². The number of hydrogen-bond donors (Lipinski definition) is 2. The van der Waals surface area contributed by atoms with Gasteiger partial charge in [0.1, 0.15) is 11.4 Å². The minimum atomic E-state index is -0.544. The van der Waals surface area contributed by atoms with Gasteiger partial charge >= 0.3 is 0 Å². The summed E-state index contributed by atoms with van der Waals surface area (Å²) < 4.78 is 17.7. The summed E-state index contributed by atoms with van der Waals surface area (Å²) in [5.41, 5.74) is 5.38. The van der Waals surface area contributed by atoms with E-state index in [9.17, 15) is 14.0 Å². The molecule has 0 saturated heterocycles. The number of rotatable bonds is 4. The van der Waals surface area contributed by atoms with E-state index < -0.39 is 11.8 Å². The van der Waals surface area contributed by atoms with Gasteiger partial charge in [0.2, 0.25) is 11.8 Å². The first-order chi connectivity index (χ1) is 10.6. The Bertz CT molecular complexity index is 674. The molecule has 1 heterocycles. The van der Waals surface area contributed by atoms with Crippen LogP contribution in [-0.4, -0.2) is 23.9 Å². The number of aromatic nitrogens is 1. The van der Waals surface area contributed by atoms with Gasteiger partial charge < -0.3 is 4.74 Å². The Morgan fingerprint density at radius 2 is 1.91 bits per heavy atom. The normalized spacial score (nSPS) is 9.91. The molecule has 0 atom stereocenters. The van der Waals surface area contributed by atoms with Gasteiger partial charge in [-0.05, 0) is 29.8 Å². The number of hydrogen-bond acceptors (Lipinski definition) is 4. The minimum absolute atomic E-state index is 0.0186. The number of hydrazine groups is 1. The third-order valence-corrected chi connectivity index (χ3v) is 2.80. The summed E-state index contributed by atoms with van der Waals surface area (Å²) in [7, 11) is 1.40. The maximum atomic E-state index is 12.8. The number of halogens is 1. The zero-order chi connectivity index (χ0) is 15.9.